The van der Waals surface area contributed by atoms with Crippen LogP contribution in [0, 0.1) is 0 Å². The second kappa shape index (κ2) is 8.41. The molecule has 3 rings (SSSR count). The summed E-state index contributed by atoms with van der Waals surface area (Å²) in [6, 6.07) is 7.02. The maximum Gasteiger partial charge on any atom is 0.223 e. The monoisotopic (exact) mass is 411 g/mol. The molecule has 1 aromatic heterocycles. The highest BCUT2D eigenvalue weighted by atomic mass is 35.5. The highest BCUT2D eigenvalue weighted by Gasteiger charge is 2.25. The predicted octanol–water partition coefficient (Wildman–Crippen LogP) is 2.47. The van der Waals surface area contributed by atoms with Crippen molar-refractivity contribution in [3.05, 3.63) is 41.4 Å². The summed E-state index contributed by atoms with van der Waals surface area (Å²) in [5, 5.41) is 0.647. The molecule has 2 heterocycles. The summed E-state index contributed by atoms with van der Waals surface area (Å²) in [6.45, 7) is 1.04. The summed E-state index contributed by atoms with van der Waals surface area (Å²) in [5.74, 6) is 1.10. The smallest absolute Gasteiger partial charge is 0.223 e. The van der Waals surface area contributed by atoms with Gasteiger partial charge in [-0.2, -0.15) is 0 Å². The molecule has 0 spiro atoms. The molecular formula is C18H22ClN3O4S. The molecule has 0 unspecified atom stereocenters. The molecule has 9 heteroatoms. The van der Waals surface area contributed by atoms with Crippen LogP contribution in [-0.4, -0.2) is 49.6 Å². The van der Waals surface area contributed by atoms with Gasteiger partial charge in [-0.15, -0.1) is 0 Å². The van der Waals surface area contributed by atoms with E-state index in [9.17, 15) is 13.2 Å². The molecule has 146 valence electrons. The summed E-state index contributed by atoms with van der Waals surface area (Å²) < 4.78 is 31.1. The lowest BCUT2D eigenvalue weighted by Gasteiger charge is -2.32. The van der Waals surface area contributed by atoms with Gasteiger partial charge in [0.25, 0.3) is 0 Å². The standard InChI is InChI=1S/C18H22ClN3O4S/c1-27(24,25)21-15-3-2-10-22(12-15)18(23)9-8-17-20-11-16(26-17)13-4-6-14(19)7-5-13/h4-7,11,15,21H,2-3,8-10,12H2,1H3/t15-/m1/s1. The van der Waals surface area contributed by atoms with E-state index in [1.165, 1.54) is 0 Å². The van der Waals surface area contributed by atoms with Crippen LogP contribution in [-0.2, 0) is 21.2 Å². The van der Waals surface area contributed by atoms with E-state index in [0.29, 0.717) is 36.2 Å². The third kappa shape index (κ3) is 5.79. The minimum atomic E-state index is -3.28. The molecule has 0 aliphatic carbocycles. The Morgan fingerprint density at radius 1 is 1.37 bits per heavy atom. The van der Waals surface area contributed by atoms with Crippen LogP contribution >= 0.6 is 11.6 Å². The van der Waals surface area contributed by atoms with Crippen molar-refractivity contribution in [3.63, 3.8) is 0 Å². The number of nitrogens with zero attached hydrogens (tertiary/aromatic N) is 2. The van der Waals surface area contributed by atoms with E-state index in [-0.39, 0.29) is 18.4 Å². The van der Waals surface area contributed by atoms with Gasteiger partial charge in [-0.1, -0.05) is 11.6 Å². The minimum Gasteiger partial charge on any atom is -0.441 e. The topological polar surface area (TPSA) is 92.5 Å². The number of carbonyl (C=O) groups is 1. The van der Waals surface area contributed by atoms with Crippen LogP contribution in [0.2, 0.25) is 5.02 Å². The van der Waals surface area contributed by atoms with Crippen molar-refractivity contribution in [2.75, 3.05) is 19.3 Å². The summed E-state index contributed by atoms with van der Waals surface area (Å²) in [4.78, 5) is 18.4. The number of hydrogen-bond donors (Lipinski definition) is 1. The van der Waals surface area contributed by atoms with Crippen LogP contribution in [0.5, 0.6) is 0 Å². The third-order valence-electron chi connectivity index (χ3n) is 4.39. The molecule has 27 heavy (non-hydrogen) atoms. The number of sulfonamides is 1. The van der Waals surface area contributed by atoms with Crippen LogP contribution < -0.4 is 4.72 Å². The normalized spacial score (nSPS) is 17.9. The second-order valence-electron chi connectivity index (χ2n) is 6.69. The molecule has 0 saturated carbocycles. The van der Waals surface area contributed by atoms with Crippen molar-refractivity contribution in [2.24, 2.45) is 0 Å². The van der Waals surface area contributed by atoms with Crippen LogP contribution in [0.25, 0.3) is 11.3 Å². The largest absolute Gasteiger partial charge is 0.441 e. The zero-order chi connectivity index (χ0) is 19.4. The van der Waals surface area contributed by atoms with Crippen LogP contribution in [0.3, 0.4) is 0 Å². The maximum atomic E-state index is 12.5. The molecule has 1 aliphatic rings. The van der Waals surface area contributed by atoms with E-state index in [4.69, 9.17) is 16.0 Å². The van der Waals surface area contributed by atoms with Gasteiger partial charge in [0.2, 0.25) is 15.9 Å². The first-order valence-corrected chi connectivity index (χ1v) is 11.0. The third-order valence-corrected chi connectivity index (χ3v) is 5.40. The van der Waals surface area contributed by atoms with Gasteiger partial charge in [-0.05, 0) is 37.1 Å². The Balaban J connectivity index is 1.54. The molecule has 2 aromatic rings. The Kier molecular flexibility index (Phi) is 6.18. The van der Waals surface area contributed by atoms with Gasteiger partial charge < -0.3 is 9.32 Å². The van der Waals surface area contributed by atoms with Crippen molar-refractivity contribution in [2.45, 2.75) is 31.7 Å². The number of oxazole rings is 1. The van der Waals surface area contributed by atoms with Crippen LogP contribution in [0.15, 0.2) is 34.9 Å². The lowest BCUT2D eigenvalue weighted by molar-refractivity contribution is -0.132. The van der Waals surface area contributed by atoms with Gasteiger partial charge in [0, 0.05) is 42.6 Å². The number of halogens is 1. The van der Waals surface area contributed by atoms with E-state index < -0.39 is 10.0 Å². The number of amides is 1. The quantitative estimate of drug-likeness (QED) is 0.788. The first kappa shape index (κ1) is 19.9. The highest BCUT2D eigenvalue weighted by molar-refractivity contribution is 7.88. The molecule has 1 amide bonds. The fourth-order valence-corrected chi connectivity index (χ4v) is 4.07. The lowest BCUT2D eigenvalue weighted by Crippen LogP contribution is -2.49. The average molecular weight is 412 g/mol. The fourth-order valence-electron chi connectivity index (χ4n) is 3.15. The zero-order valence-electron chi connectivity index (χ0n) is 15.0. The van der Waals surface area contributed by atoms with Gasteiger partial charge in [-0.3, -0.25) is 4.79 Å². The first-order valence-electron chi connectivity index (χ1n) is 8.76. The molecule has 0 bridgehead atoms. The van der Waals surface area contributed by atoms with Gasteiger partial charge in [-0.25, -0.2) is 18.1 Å². The summed E-state index contributed by atoms with van der Waals surface area (Å²) >= 11 is 5.88. The molecular weight excluding hydrogens is 390 g/mol. The molecule has 1 N–H and O–H groups in total. The number of hydrogen-bond acceptors (Lipinski definition) is 5. The van der Waals surface area contributed by atoms with Gasteiger partial charge >= 0.3 is 0 Å². The number of likely N-dealkylation sites (tertiary alicyclic amines) is 1. The Labute approximate surface area is 163 Å². The molecule has 1 fully saturated rings. The number of benzene rings is 1. The first-order chi connectivity index (χ1) is 12.8. The van der Waals surface area contributed by atoms with Gasteiger partial charge in [0.1, 0.15) is 0 Å². The molecule has 1 saturated heterocycles. The number of aryl methyl sites for hydroxylation is 1. The number of rotatable bonds is 6. The maximum absolute atomic E-state index is 12.5. The van der Waals surface area contributed by atoms with Crippen molar-refractivity contribution in [3.8, 4) is 11.3 Å². The lowest BCUT2D eigenvalue weighted by atomic mass is 10.1. The Morgan fingerprint density at radius 3 is 2.81 bits per heavy atom. The van der Waals surface area contributed by atoms with Crippen LogP contribution in [0.4, 0.5) is 0 Å². The summed E-state index contributed by atoms with van der Waals surface area (Å²) in [7, 11) is -3.28. The Morgan fingerprint density at radius 2 is 2.11 bits per heavy atom. The summed E-state index contributed by atoms with van der Waals surface area (Å²) in [6.07, 6.45) is 4.95. The second-order valence-corrected chi connectivity index (χ2v) is 8.91. The van der Waals surface area contributed by atoms with Crippen molar-refractivity contribution < 1.29 is 17.6 Å². The van der Waals surface area contributed by atoms with Crippen molar-refractivity contribution in [1.29, 1.82) is 0 Å². The molecule has 1 atom stereocenters. The van der Waals surface area contributed by atoms with E-state index >= 15 is 0 Å². The van der Waals surface area contributed by atoms with E-state index in [2.05, 4.69) is 9.71 Å². The number of carbonyl (C=O) groups excluding carboxylic acids is 1. The van der Waals surface area contributed by atoms with Crippen LogP contribution in [0.1, 0.15) is 25.2 Å². The number of aromatic nitrogens is 1. The summed E-state index contributed by atoms with van der Waals surface area (Å²) in [5.41, 5.74) is 0.871. The molecule has 7 nitrogen and oxygen atoms in total. The van der Waals surface area contributed by atoms with Crippen molar-refractivity contribution in [1.82, 2.24) is 14.6 Å². The van der Waals surface area contributed by atoms with Crippen molar-refractivity contribution >= 4 is 27.5 Å². The minimum absolute atomic E-state index is 0.0266. The Hall–Kier alpha value is -1.90. The average Bonchev–Trinajstić information content (AvgIpc) is 3.08. The predicted molar refractivity (Wildman–Crippen MR) is 103 cm³/mol. The Bertz CT molecular complexity index is 896. The SMILES string of the molecule is CS(=O)(=O)N[C@@H]1CCCN(C(=O)CCc2ncc(-c3ccc(Cl)cc3)o2)C1. The van der Waals surface area contributed by atoms with E-state index in [1.54, 1.807) is 23.2 Å². The number of piperidine rings is 1. The van der Waals surface area contributed by atoms with E-state index in [1.807, 2.05) is 12.1 Å². The fraction of sp³-hybridized carbons (Fsp3) is 0.444. The van der Waals surface area contributed by atoms with E-state index in [0.717, 1.165) is 24.7 Å². The highest BCUT2D eigenvalue weighted by Crippen LogP contribution is 2.23. The molecule has 1 aromatic carbocycles. The molecule has 1 aliphatic heterocycles. The van der Waals surface area contributed by atoms with Gasteiger partial charge in [0.15, 0.2) is 11.7 Å². The molecule has 0 radical (unpaired) electrons. The number of nitrogens with one attached hydrogen (secondary N) is 1. The van der Waals surface area contributed by atoms with Gasteiger partial charge in [0.05, 0.1) is 12.5 Å². The zero-order valence-corrected chi connectivity index (χ0v) is 16.6.